The van der Waals surface area contributed by atoms with Crippen LogP contribution in [-0.4, -0.2) is 6.61 Å². The summed E-state index contributed by atoms with van der Waals surface area (Å²) in [5, 5.41) is 0. The normalized spacial score (nSPS) is 10.0. The highest BCUT2D eigenvalue weighted by atomic mass is 16.5. The van der Waals surface area contributed by atoms with Crippen molar-refractivity contribution in [3.63, 3.8) is 0 Å². The highest BCUT2D eigenvalue weighted by Crippen LogP contribution is 2.22. The molecule has 1 heteroatoms. The maximum atomic E-state index is 5.57. The Morgan fingerprint density at radius 1 is 1.27 bits per heavy atom. The lowest BCUT2D eigenvalue weighted by Crippen LogP contribution is -1.97. The summed E-state index contributed by atoms with van der Waals surface area (Å²) in [5.74, 6) is 0.997. The second-order valence-electron chi connectivity index (χ2n) is 3.72. The van der Waals surface area contributed by atoms with Crippen LogP contribution in [0.15, 0.2) is 36.4 Å². The maximum Gasteiger partial charge on any atom is 0.122 e. The lowest BCUT2D eigenvalue weighted by Gasteiger charge is -2.10. The molecule has 0 N–H and O–H groups in total. The van der Waals surface area contributed by atoms with Crippen molar-refractivity contribution in [1.29, 1.82) is 0 Å². The maximum absolute atomic E-state index is 5.57. The Kier molecular flexibility index (Phi) is 4.96. The van der Waals surface area contributed by atoms with Crippen LogP contribution < -0.4 is 4.74 Å². The van der Waals surface area contributed by atoms with Gasteiger partial charge in [-0.25, -0.2) is 0 Å². The molecule has 0 bridgehead atoms. The number of para-hydroxylation sites is 1. The van der Waals surface area contributed by atoms with Crippen molar-refractivity contribution in [2.75, 3.05) is 6.61 Å². The van der Waals surface area contributed by atoms with Crippen molar-refractivity contribution in [2.24, 2.45) is 0 Å². The van der Waals surface area contributed by atoms with Crippen LogP contribution in [0.2, 0.25) is 0 Å². The molecule has 0 unspecified atom stereocenters. The molecule has 82 valence electrons. The molecule has 0 spiro atoms. The van der Waals surface area contributed by atoms with Crippen molar-refractivity contribution >= 4 is 0 Å². The van der Waals surface area contributed by atoms with Gasteiger partial charge in [-0.3, -0.25) is 0 Å². The van der Waals surface area contributed by atoms with Gasteiger partial charge in [-0.1, -0.05) is 43.7 Å². The summed E-state index contributed by atoms with van der Waals surface area (Å²) >= 11 is 0. The zero-order valence-electron chi connectivity index (χ0n) is 9.75. The smallest absolute Gasteiger partial charge is 0.122 e. The van der Waals surface area contributed by atoms with E-state index in [1.54, 1.807) is 0 Å². The van der Waals surface area contributed by atoms with Crippen molar-refractivity contribution < 1.29 is 4.74 Å². The van der Waals surface area contributed by atoms with E-state index in [0.29, 0.717) is 0 Å². The number of allylic oxidation sites excluding steroid dienone is 1. The molecule has 1 aromatic carbocycles. The highest BCUT2D eigenvalue weighted by molar-refractivity contribution is 5.35. The highest BCUT2D eigenvalue weighted by Gasteiger charge is 2.03. The fourth-order valence-corrected chi connectivity index (χ4v) is 1.66. The average Bonchev–Trinajstić information content (AvgIpc) is 2.21. The first-order valence-corrected chi connectivity index (χ1v) is 5.65. The number of rotatable bonds is 6. The van der Waals surface area contributed by atoms with Crippen molar-refractivity contribution in [3.8, 4) is 5.75 Å². The molecule has 15 heavy (non-hydrogen) atoms. The van der Waals surface area contributed by atoms with Crippen LogP contribution >= 0.6 is 0 Å². The van der Waals surface area contributed by atoms with Crippen LogP contribution in [0.4, 0.5) is 0 Å². The monoisotopic (exact) mass is 204 g/mol. The van der Waals surface area contributed by atoms with Gasteiger partial charge < -0.3 is 4.74 Å². The summed E-state index contributed by atoms with van der Waals surface area (Å²) < 4.78 is 5.57. The molecular formula is C14H20O. The first-order chi connectivity index (χ1) is 7.27. The standard InChI is InChI=1S/C14H20O/c1-4-8-12(3)11-13-9-6-7-10-14(13)15-5-2/h6-7,9-10H,3-5,8,11H2,1-2H3. The number of ether oxygens (including phenoxy) is 1. The average molecular weight is 204 g/mol. The van der Waals surface area contributed by atoms with E-state index >= 15 is 0 Å². The van der Waals surface area contributed by atoms with Crippen LogP contribution in [0.3, 0.4) is 0 Å². The zero-order chi connectivity index (χ0) is 11.1. The third-order valence-electron chi connectivity index (χ3n) is 2.32. The van der Waals surface area contributed by atoms with Gasteiger partial charge >= 0.3 is 0 Å². The molecule has 0 aliphatic rings. The van der Waals surface area contributed by atoms with E-state index in [2.05, 4.69) is 25.6 Å². The fourth-order valence-electron chi connectivity index (χ4n) is 1.66. The van der Waals surface area contributed by atoms with Crippen molar-refractivity contribution in [3.05, 3.63) is 42.0 Å². The van der Waals surface area contributed by atoms with Crippen LogP contribution in [-0.2, 0) is 6.42 Å². The minimum absolute atomic E-state index is 0.720. The van der Waals surface area contributed by atoms with Crippen molar-refractivity contribution in [1.82, 2.24) is 0 Å². The molecule has 0 amide bonds. The summed E-state index contributed by atoms with van der Waals surface area (Å²) in [4.78, 5) is 0. The van der Waals surface area contributed by atoms with E-state index in [1.807, 2.05) is 19.1 Å². The molecule has 1 rings (SSSR count). The molecule has 0 heterocycles. The Morgan fingerprint density at radius 3 is 2.67 bits per heavy atom. The third-order valence-corrected chi connectivity index (χ3v) is 2.32. The molecule has 0 aliphatic heterocycles. The van der Waals surface area contributed by atoms with Gasteiger partial charge in [-0.2, -0.15) is 0 Å². The van der Waals surface area contributed by atoms with Crippen LogP contribution in [0.5, 0.6) is 5.75 Å². The Bertz CT molecular complexity index is 315. The molecule has 1 aromatic rings. The minimum atomic E-state index is 0.720. The summed E-state index contributed by atoms with van der Waals surface area (Å²) in [5.41, 5.74) is 2.53. The molecule has 0 radical (unpaired) electrons. The van der Waals surface area contributed by atoms with Crippen molar-refractivity contribution in [2.45, 2.75) is 33.1 Å². The summed E-state index contributed by atoms with van der Waals surface area (Å²) in [6.45, 7) is 9.00. The molecule has 0 aliphatic carbocycles. The number of hydrogen-bond acceptors (Lipinski definition) is 1. The van der Waals surface area contributed by atoms with Gasteiger partial charge in [0, 0.05) is 0 Å². The Balaban J connectivity index is 2.70. The first kappa shape index (κ1) is 11.8. The lowest BCUT2D eigenvalue weighted by molar-refractivity contribution is 0.337. The predicted octanol–water partition coefficient (Wildman–Crippen LogP) is 3.98. The third kappa shape index (κ3) is 3.78. The summed E-state index contributed by atoms with van der Waals surface area (Å²) in [6.07, 6.45) is 3.19. The largest absolute Gasteiger partial charge is 0.494 e. The molecular weight excluding hydrogens is 184 g/mol. The van der Waals surface area contributed by atoms with E-state index in [0.717, 1.165) is 31.6 Å². The topological polar surface area (TPSA) is 9.23 Å². The Hall–Kier alpha value is -1.24. The molecule has 1 nitrogen and oxygen atoms in total. The molecule has 0 saturated heterocycles. The zero-order valence-corrected chi connectivity index (χ0v) is 9.75. The van der Waals surface area contributed by atoms with E-state index < -0.39 is 0 Å². The van der Waals surface area contributed by atoms with E-state index in [1.165, 1.54) is 11.1 Å². The second kappa shape index (κ2) is 6.28. The van der Waals surface area contributed by atoms with Gasteiger partial charge in [0.2, 0.25) is 0 Å². The number of benzene rings is 1. The van der Waals surface area contributed by atoms with Gasteiger partial charge in [0.05, 0.1) is 6.61 Å². The lowest BCUT2D eigenvalue weighted by atomic mass is 10.0. The van der Waals surface area contributed by atoms with Gasteiger partial charge in [-0.05, 0) is 31.4 Å². The van der Waals surface area contributed by atoms with E-state index in [4.69, 9.17) is 4.74 Å². The van der Waals surface area contributed by atoms with Gasteiger partial charge in [0.15, 0.2) is 0 Å². The van der Waals surface area contributed by atoms with Crippen LogP contribution in [0.1, 0.15) is 32.3 Å². The first-order valence-electron chi connectivity index (χ1n) is 5.65. The Morgan fingerprint density at radius 2 is 2.00 bits per heavy atom. The predicted molar refractivity (Wildman–Crippen MR) is 65.4 cm³/mol. The minimum Gasteiger partial charge on any atom is -0.494 e. The molecule has 0 saturated carbocycles. The SMILES string of the molecule is C=C(CCC)Cc1ccccc1OCC. The Labute approximate surface area is 92.8 Å². The summed E-state index contributed by atoms with van der Waals surface area (Å²) in [7, 11) is 0. The molecule has 0 atom stereocenters. The van der Waals surface area contributed by atoms with E-state index in [9.17, 15) is 0 Å². The summed E-state index contributed by atoms with van der Waals surface area (Å²) in [6, 6.07) is 8.21. The fraction of sp³-hybridized carbons (Fsp3) is 0.429. The number of hydrogen-bond donors (Lipinski definition) is 0. The van der Waals surface area contributed by atoms with Gasteiger partial charge in [0.25, 0.3) is 0 Å². The van der Waals surface area contributed by atoms with Gasteiger partial charge in [-0.15, -0.1) is 0 Å². The quantitative estimate of drug-likeness (QED) is 0.637. The molecule has 0 aromatic heterocycles. The van der Waals surface area contributed by atoms with E-state index in [-0.39, 0.29) is 0 Å². The van der Waals surface area contributed by atoms with Gasteiger partial charge in [0.1, 0.15) is 5.75 Å². The van der Waals surface area contributed by atoms with Crippen LogP contribution in [0, 0.1) is 0 Å². The van der Waals surface area contributed by atoms with Crippen LogP contribution in [0.25, 0.3) is 0 Å². The molecule has 0 fully saturated rings. The second-order valence-corrected chi connectivity index (χ2v) is 3.72.